The van der Waals surface area contributed by atoms with Gasteiger partial charge in [0.05, 0.1) is 6.04 Å². The monoisotopic (exact) mass is 284 g/mol. The van der Waals surface area contributed by atoms with E-state index in [2.05, 4.69) is 20.4 Å². The van der Waals surface area contributed by atoms with Gasteiger partial charge in [-0.2, -0.15) is 4.98 Å². The molecule has 1 saturated heterocycles. The predicted molar refractivity (Wildman–Crippen MR) is 78.4 cm³/mol. The molecular weight excluding hydrogens is 264 g/mol. The fourth-order valence-corrected chi connectivity index (χ4v) is 3.68. The van der Waals surface area contributed by atoms with Gasteiger partial charge in [-0.15, -0.1) is 0 Å². The van der Waals surface area contributed by atoms with E-state index in [4.69, 9.17) is 4.52 Å². The van der Waals surface area contributed by atoms with Crippen LogP contribution in [0, 0.1) is 5.92 Å². The molecule has 0 spiro atoms. The van der Waals surface area contributed by atoms with Crippen molar-refractivity contribution in [2.45, 2.75) is 50.6 Å². The van der Waals surface area contributed by atoms with Crippen molar-refractivity contribution < 1.29 is 4.52 Å². The Hall–Kier alpha value is -1.75. The highest BCUT2D eigenvalue weighted by Gasteiger charge is 2.34. The maximum absolute atomic E-state index is 5.49. The Kier molecular flexibility index (Phi) is 3.43. The lowest BCUT2D eigenvalue weighted by molar-refractivity contribution is 0.158. The van der Waals surface area contributed by atoms with E-state index in [1.807, 2.05) is 12.1 Å². The van der Waals surface area contributed by atoms with Crippen LogP contribution in [0.25, 0.3) is 11.4 Å². The minimum atomic E-state index is 0.215. The summed E-state index contributed by atoms with van der Waals surface area (Å²) in [6, 6.07) is 4.65. The first-order valence-corrected chi connectivity index (χ1v) is 7.90. The third-order valence-electron chi connectivity index (χ3n) is 4.83. The van der Waals surface area contributed by atoms with Gasteiger partial charge >= 0.3 is 0 Å². The minimum Gasteiger partial charge on any atom is -0.337 e. The number of rotatable bonds is 2. The van der Waals surface area contributed by atoms with E-state index in [0.29, 0.717) is 11.9 Å². The highest BCUT2D eigenvalue weighted by Crippen LogP contribution is 2.36. The van der Waals surface area contributed by atoms with Gasteiger partial charge in [0.1, 0.15) is 0 Å². The zero-order chi connectivity index (χ0) is 14.1. The van der Waals surface area contributed by atoms with Crippen LogP contribution in [0.5, 0.6) is 0 Å². The number of aromatic nitrogens is 3. The van der Waals surface area contributed by atoms with E-state index in [9.17, 15) is 0 Å². The van der Waals surface area contributed by atoms with Gasteiger partial charge in [0, 0.05) is 24.0 Å². The average molecular weight is 284 g/mol. The van der Waals surface area contributed by atoms with Gasteiger partial charge in [-0.1, -0.05) is 18.0 Å². The Balaban J connectivity index is 1.51. The SMILES string of the molecule is c1cc(-c2noc(C3CCC4CCCCC4N3)n2)ccn1. The lowest BCUT2D eigenvalue weighted by Gasteiger charge is -2.39. The van der Waals surface area contributed by atoms with E-state index in [1.54, 1.807) is 12.4 Å². The van der Waals surface area contributed by atoms with Crippen LogP contribution in [0.2, 0.25) is 0 Å². The molecule has 1 aliphatic carbocycles. The van der Waals surface area contributed by atoms with Crippen LogP contribution in [-0.2, 0) is 0 Å². The first-order chi connectivity index (χ1) is 10.4. The third-order valence-corrected chi connectivity index (χ3v) is 4.83. The smallest absolute Gasteiger partial charge is 0.244 e. The summed E-state index contributed by atoms with van der Waals surface area (Å²) in [5.41, 5.74) is 0.950. The summed E-state index contributed by atoms with van der Waals surface area (Å²) in [5, 5.41) is 7.84. The molecule has 0 bridgehead atoms. The van der Waals surface area contributed by atoms with Crippen molar-refractivity contribution in [3.8, 4) is 11.4 Å². The highest BCUT2D eigenvalue weighted by molar-refractivity contribution is 5.52. The van der Waals surface area contributed by atoms with Gasteiger partial charge in [-0.3, -0.25) is 4.98 Å². The number of nitrogens with zero attached hydrogens (tertiary/aromatic N) is 3. The summed E-state index contributed by atoms with van der Waals surface area (Å²) in [5.74, 6) is 2.23. The lowest BCUT2D eigenvalue weighted by atomic mass is 9.78. The van der Waals surface area contributed by atoms with Gasteiger partial charge < -0.3 is 9.84 Å². The Labute approximate surface area is 124 Å². The molecule has 1 saturated carbocycles. The number of hydrogen-bond acceptors (Lipinski definition) is 5. The number of pyridine rings is 1. The molecule has 3 heterocycles. The van der Waals surface area contributed by atoms with E-state index in [1.165, 1.54) is 32.1 Å². The molecule has 5 nitrogen and oxygen atoms in total. The Morgan fingerprint density at radius 1 is 1.05 bits per heavy atom. The van der Waals surface area contributed by atoms with Crippen LogP contribution in [-0.4, -0.2) is 21.2 Å². The third kappa shape index (κ3) is 2.58. The van der Waals surface area contributed by atoms with Gasteiger partial charge in [-0.05, 0) is 43.7 Å². The van der Waals surface area contributed by atoms with Crippen LogP contribution < -0.4 is 5.32 Å². The Bertz CT molecular complexity index is 597. The zero-order valence-electron chi connectivity index (χ0n) is 12.0. The average Bonchev–Trinajstić information content (AvgIpc) is 3.05. The number of hydrogen-bond donors (Lipinski definition) is 1. The molecule has 1 N–H and O–H groups in total. The molecule has 0 radical (unpaired) electrons. The summed E-state index contributed by atoms with van der Waals surface area (Å²) < 4.78 is 5.49. The minimum absolute atomic E-state index is 0.215. The van der Waals surface area contributed by atoms with E-state index < -0.39 is 0 Å². The Morgan fingerprint density at radius 2 is 1.90 bits per heavy atom. The topological polar surface area (TPSA) is 63.8 Å². The number of fused-ring (bicyclic) bond motifs is 1. The maximum atomic E-state index is 5.49. The summed E-state index contributed by atoms with van der Waals surface area (Å²) in [6.45, 7) is 0. The van der Waals surface area contributed by atoms with Crippen LogP contribution in [0.1, 0.15) is 50.5 Å². The molecule has 5 heteroatoms. The fourth-order valence-electron chi connectivity index (χ4n) is 3.68. The number of piperidine rings is 1. The van der Waals surface area contributed by atoms with Crippen molar-refractivity contribution >= 4 is 0 Å². The van der Waals surface area contributed by atoms with Crippen molar-refractivity contribution in [2.24, 2.45) is 5.92 Å². The second-order valence-corrected chi connectivity index (χ2v) is 6.14. The summed E-state index contributed by atoms with van der Waals surface area (Å²) in [4.78, 5) is 8.59. The van der Waals surface area contributed by atoms with Crippen LogP contribution >= 0.6 is 0 Å². The molecule has 0 aromatic carbocycles. The van der Waals surface area contributed by atoms with Gasteiger partial charge in [0.15, 0.2) is 0 Å². The lowest BCUT2D eigenvalue weighted by Crippen LogP contribution is -2.44. The molecule has 1 aliphatic heterocycles. The van der Waals surface area contributed by atoms with Gasteiger partial charge in [0.2, 0.25) is 11.7 Å². The molecule has 110 valence electrons. The molecule has 3 atom stereocenters. The summed E-state index contributed by atoms with van der Waals surface area (Å²) in [6.07, 6.45) is 11.2. The largest absolute Gasteiger partial charge is 0.337 e. The molecule has 2 fully saturated rings. The first kappa shape index (κ1) is 13.0. The van der Waals surface area contributed by atoms with E-state index in [0.717, 1.165) is 23.8 Å². The normalized spacial score (nSPS) is 29.0. The van der Waals surface area contributed by atoms with Crippen LogP contribution in [0.15, 0.2) is 29.0 Å². The molecule has 4 rings (SSSR count). The van der Waals surface area contributed by atoms with Crippen molar-refractivity contribution in [1.82, 2.24) is 20.4 Å². The predicted octanol–water partition coefficient (Wildman–Crippen LogP) is 3.11. The Morgan fingerprint density at radius 3 is 2.81 bits per heavy atom. The molecule has 3 unspecified atom stereocenters. The van der Waals surface area contributed by atoms with Gasteiger partial charge in [0.25, 0.3) is 0 Å². The summed E-state index contributed by atoms with van der Waals surface area (Å²) >= 11 is 0. The second-order valence-electron chi connectivity index (χ2n) is 6.14. The molecule has 21 heavy (non-hydrogen) atoms. The maximum Gasteiger partial charge on any atom is 0.244 e. The molecular formula is C16H20N4O. The highest BCUT2D eigenvalue weighted by atomic mass is 16.5. The summed E-state index contributed by atoms with van der Waals surface area (Å²) in [7, 11) is 0. The first-order valence-electron chi connectivity index (χ1n) is 7.90. The fraction of sp³-hybridized carbons (Fsp3) is 0.562. The number of nitrogens with one attached hydrogen (secondary N) is 1. The standard InChI is InChI=1S/C16H20N4O/c1-2-4-13-11(3-1)5-6-14(18-13)16-19-15(20-21-16)12-7-9-17-10-8-12/h7-11,13-14,18H,1-6H2. The molecule has 2 aliphatic rings. The van der Waals surface area contributed by atoms with Crippen LogP contribution in [0.3, 0.4) is 0 Å². The zero-order valence-corrected chi connectivity index (χ0v) is 12.0. The van der Waals surface area contributed by atoms with E-state index in [-0.39, 0.29) is 6.04 Å². The molecule has 0 amide bonds. The van der Waals surface area contributed by atoms with E-state index >= 15 is 0 Å². The molecule has 2 aromatic heterocycles. The molecule has 2 aromatic rings. The van der Waals surface area contributed by atoms with Crippen molar-refractivity contribution in [3.05, 3.63) is 30.4 Å². The van der Waals surface area contributed by atoms with Crippen molar-refractivity contribution in [1.29, 1.82) is 0 Å². The van der Waals surface area contributed by atoms with Gasteiger partial charge in [-0.25, -0.2) is 0 Å². The van der Waals surface area contributed by atoms with Crippen molar-refractivity contribution in [2.75, 3.05) is 0 Å². The van der Waals surface area contributed by atoms with Crippen LogP contribution in [0.4, 0.5) is 0 Å². The quantitative estimate of drug-likeness (QED) is 0.918. The second kappa shape index (κ2) is 5.56. The van der Waals surface area contributed by atoms with Crippen molar-refractivity contribution in [3.63, 3.8) is 0 Å².